The van der Waals surface area contributed by atoms with E-state index in [2.05, 4.69) is 67.4 Å². The summed E-state index contributed by atoms with van der Waals surface area (Å²) in [5.41, 5.74) is 2.91. The van der Waals surface area contributed by atoms with Crippen LogP contribution in [0.4, 0.5) is 14.7 Å². The van der Waals surface area contributed by atoms with Crippen LogP contribution in [0, 0.1) is 0 Å². The number of likely N-dealkylation sites (tertiary alicyclic amines) is 1. The number of hydrogen-bond acceptors (Lipinski definition) is 9. The van der Waals surface area contributed by atoms with E-state index in [1.54, 1.807) is 7.05 Å². The van der Waals surface area contributed by atoms with E-state index in [0.717, 1.165) is 68.1 Å². The quantitative estimate of drug-likeness (QED) is 0.222. The van der Waals surface area contributed by atoms with Gasteiger partial charge in [0.2, 0.25) is 11.9 Å². The molecule has 3 aromatic rings. The molecule has 1 aromatic carbocycles. The van der Waals surface area contributed by atoms with Crippen LogP contribution in [0.5, 0.6) is 5.75 Å². The topological polar surface area (TPSA) is 135 Å². The number of rotatable bonds is 15. The molecule has 0 radical (unpaired) electrons. The maximum absolute atomic E-state index is 13.3. The number of piperidine rings is 2. The van der Waals surface area contributed by atoms with Crippen molar-refractivity contribution in [3.63, 3.8) is 0 Å². The van der Waals surface area contributed by atoms with Crippen LogP contribution in [0.1, 0.15) is 81.9 Å². The number of nitrogens with one attached hydrogen (secondary N) is 2. The Kier molecular flexibility index (Phi) is 12.3. The van der Waals surface area contributed by atoms with Gasteiger partial charge in [-0.25, -0.2) is 18.5 Å². The second-order valence-electron chi connectivity index (χ2n) is 13.6. The van der Waals surface area contributed by atoms with E-state index in [4.69, 9.17) is 0 Å². The molecule has 2 aliphatic rings. The molecule has 0 bridgehead atoms. The van der Waals surface area contributed by atoms with Gasteiger partial charge in [0.25, 0.3) is 0 Å². The fourth-order valence-corrected chi connectivity index (χ4v) is 8.44. The van der Waals surface area contributed by atoms with Gasteiger partial charge in [-0.1, -0.05) is 12.1 Å². The summed E-state index contributed by atoms with van der Waals surface area (Å²) in [6.07, 6.45) is 8.47. The number of ether oxygens (including phenoxy) is 1. The molecular formula is C34H48F2N8O4S. The maximum Gasteiger partial charge on any atom is 0.387 e. The fraction of sp³-hybridized carbons (Fsp3) is 0.618. The van der Waals surface area contributed by atoms with Gasteiger partial charge in [0.15, 0.2) is 5.75 Å². The molecule has 0 aliphatic carbocycles. The number of benzene rings is 1. The van der Waals surface area contributed by atoms with Gasteiger partial charge in [-0.15, -0.1) is 0 Å². The molecule has 268 valence electrons. The Balaban J connectivity index is 1.08. The number of hydrogen-bond donors (Lipinski definition) is 2. The molecule has 49 heavy (non-hydrogen) atoms. The van der Waals surface area contributed by atoms with Crippen molar-refractivity contribution in [3.8, 4) is 5.75 Å². The fourth-order valence-electron chi connectivity index (χ4n) is 6.89. The van der Waals surface area contributed by atoms with Crippen molar-refractivity contribution >= 4 is 40.0 Å². The number of carbonyl (C=O) groups excluding carboxylic acids is 2. The maximum atomic E-state index is 13.3. The summed E-state index contributed by atoms with van der Waals surface area (Å²) in [6, 6.07) is 6.56. The lowest BCUT2D eigenvalue weighted by Crippen LogP contribution is -2.49. The van der Waals surface area contributed by atoms with E-state index in [1.807, 2.05) is 16.0 Å². The number of carbonyl (C=O) groups is 2. The molecule has 15 heteroatoms. The van der Waals surface area contributed by atoms with E-state index < -0.39 is 23.5 Å². The number of halogens is 2. The lowest BCUT2D eigenvalue weighted by molar-refractivity contribution is -0.120. The zero-order valence-corrected chi connectivity index (χ0v) is 29.6. The Hall–Kier alpha value is -3.56. The van der Waals surface area contributed by atoms with Crippen LogP contribution in [0.25, 0.3) is 10.9 Å². The SMILES string of the molecule is CNC(=O)CCC(C=O)c1nn(C)c2cc(C3CCN(C(C)(C)CCS(=O)N4CCC(Nc5ncc(OC(F)F)cn5)CC4)CC3)ccc12. The minimum absolute atomic E-state index is 0.0849. The average molecular weight is 703 g/mol. The van der Waals surface area contributed by atoms with Crippen LogP contribution in [0.3, 0.4) is 0 Å². The number of nitrogens with zero attached hydrogens (tertiary/aromatic N) is 6. The normalized spacial score (nSPS) is 18.4. The number of fused-ring (bicyclic) bond motifs is 1. The summed E-state index contributed by atoms with van der Waals surface area (Å²) in [5.74, 6) is 0.775. The van der Waals surface area contributed by atoms with Crippen LogP contribution >= 0.6 is 0 Å². The van der Waals surface area contributed by atoms with Gasteiger partial charge in [-0.05, 0) is 83.0 Å². The number of aromatic nitrogens is 4. The van der Waals surface area contributed by atoms with Crippen LogP contribution in [-0.2, 0) is 27.6 Å². The molecule has 2 aromatic heterocycles. The summed E-state index contributed by atoms with van der Waals surface area (Å²) >= 11 is 0. The third-order valence-electron chi connectivity index (χ3n) is 10.0. The van der Waals surface area contributed by atoms with Gasteiger partial charge >= 0.3 is 6.61 Å². The molecule has 2 fully saturated rings. The van der Waals surface area contributed by atoms with E-state index in [9.17, 15) is 22.6 Å². The Morgan fingerprint density at radius 1 is 1.12 bits per heavy atom. The first kappa shape index (κ1) is 36.7. The third-order valence-corrected chi connectivity index (χ3v) is 11.5. The van der Waals surface area contributed by atoms with Crippen molar-refractivity contribution in [1.82, 2.24) is 34.3 Å². The lowest BCUT2D eigenvalue weighted by atomic mass is 9.86. The van der Waals surface area contributed by atoms with Crippen molar-refractivity contribution in [1.29, 1.82) is 0 Å². The summed E-state index contributed by atoms with van der Waals surface area (Å²) in [6.45, 7) is 4.87. The molecule has 2 atom stereocenters. The van der Waals surface area contributed by atoms with Crippen LogP contribution in [0.2, 0.25) is 0 Å². The van der Waals surface area contributed by atoms with E-state index in [-0.39, 0.29) is 29.7 Å². The first-order chi connectivity index (χ1) is 23.5. The van der Waals surface area contributed by atoms with Gasteiger partial charge in [-0.3, -0.25) is 14.4 Å². The predicted molar refractivity (Wildman–Crippen MR) is 185 cm³/mol. The highest BCUT2D eigenvalue weighted by atomic mass is 32.2. The summed E-state index contributed by atoms with van der Waals surface area (Å²) in [7, 11) is 2.42. The minimum atomic E-state index is -2.92. The van der Waals surface area contributed by atoms with Crippen LogP contribution < -0.4 is 15.4 Å². The number of amides is 1. The molecule has 0 spiro atoms. The second kappa shape index (κ2) is 16.4. The Bertz CT molecular complexity index is 1590. The molecule has 2 unspecified atom stereocenters. The van der Waals surface area contributed by atoms with Gasteiger partial charge < -0.3 is 20.2 Å². The zero-order valence-electron chi connectivity index (χ0n) is 28.7. The monoisotopic (exact) mass is 702 g/mol. The van der Waals surface area contributed by atoms with Crippen molar-refractivity contribution in [2.45, 2.75) is 88.8 Å². The summed E-state index contributed by atoms with van der Waals surface area (Å²) < 4.78 is 46.2. The van der Waals surface area contributed by atoms with Crippen molar-refractivity contribution in [2.24, 2.45) is 7.05 Å². The van der Waals surface area contributed by atoms with Crippen molar-refractivity contribution in [3.05, 3.63) is 41.9 Å². The molecule has 1 amide bonds. The van der Waals surface area contributed by atoms with Gasteiger partial charge in [-0.2, -0.15) is 13.9 Å². The van der Waals surface area contributed by atoms with Crippen molar-refractivity contribution in [2.75, 3.05) is 44.3 Å². The predicted octanol–water partition coefficient (Wildman–Crippen LogP) is 4.36. The number of aldehydes is 1. The van der Waals surface area contributed by atoms with E-state index in [0.29, 0.717) is 37.1 Å². The largest absolute Gasteiger partial charge is 0.432 e. The zero-order chi connectivity index (χ0) is 35.1. The summed E-state index contributed by atoms with van der Waals surface area (Å²) in [5, 5.41) is 11.5. The standard InChI is InChI=1S/C34H48F2N8O4S/c1-34(2,13-18-49(47)44-16-11-26(12-17-44)40-33-38-20-27(21-39-33)48-32(35)36)43-14-9-23(10-15-43)24-5-7-28-29(19-24)42(4)41-31(28)25(22-45)6-8-30(46)37-3/h5,7,19-23,25-26,32H,6,8-18H2,1-4H3,(H,37,46)(H,38,39,40). The molecule has 2 N–H and O–H groups in total. The average Bonchev–Trinajstić information content (AvgIpc) is 3.43. The van der Waals surface area contributed by atoms with Gasteiger partial charge in [0.1, 0.15) is 6.29 Å². The molecule has 12 nitrogen and oxygen atoms in total. The van der Waals surface area contributed by atoms with E-state index >= 15 is 0 Å². The first-order valence-electron chi connectivity index (χ1n) is 17.0. The van der Waals surface area contributed by atoms with E-state index in [1.165, 1.54) is 18.0 Å². The smallest absolute Gasteiger partial charge is 0.387 e. The van der Waals surface area contributed by atoms with Gasteiger partial charge in [0, 0.05) is 56.3 Å². The molecule has 2 aliphatic heterocycles. The third kappa shape index (κ3) is 9.37. The van der Waals surface area contributed by atoms with Crippen molar-refractivity contribution < 1.29 is 27.3 Å². The minimum Gasteiger partial charge on any atom is -0.432 e. The molecule has 5 rings (SSSR count). The Morgan fingerprint density at radius 2 is 1.82 bits per heavy atom. The Labute approximate surface area is 288 Å². The number of alkyl halides is 2. The van der Waals surface area contributed by atoms with Crippen LogP contribution in [-0.4, -0.2) is 103 Å². The van der Waals surface area contributed by atoms with Crippen LogP contribution in [0.15, 0.2) is 30.6 Å². The van der Waals surface area contributed by atoms with Gasteiger partial charge in [0.05, 0.1) is 40.5 Å². The molecule has 0 saturated carbocycles. The molecule has 2 saturated heterocycles. The highest BCUT2D eigenvalue weighted by Gasteiger charge is 2.33. The molecular weight excluding hydrogens is 654 g/mol. The lowest BCUT2D eigenvalue weighted by Gasteiger charge is -2.43. The number of aryl methyl sites for hydroxylation is 1. The Morgan fingerprint density at radius 3 is 2.45 bits per heavy atom. The molecule has 4 heterocycles. The highest BCUT2D eigenvalue weighted by molar-refractivity contribution is 7.82. The highest BCUT2D eigenvalue weighted by Crippen LogP contribution is 2.35. The number of anilines is 1. The summed E-state index contributed by atoms with van der Waals surface area (Å²) in [4.78, 5) is 34.3. The second-order valence-corrected chi connectivity index (χ2v) is 15.1. The first-order valence-corrected chi connectivity index (χ1v) is 18.3.